The normalized spacial score (nSPS) is 10.5. The molecule has 0 atom stereocenters. The van der Waals surface area contributed by atoms with Gasteiger partial charge >= 0.3 is 0 Å². The van der Waals surface area contributed by atoms with Crippen LogP contribution in [0.25, 0.3) is 10.6 Å². The summed E-state index contributed by atoms with van der Waals surface area (Å²) in [4.78, 5) is 12.3. The van der Waals surface area contributed by atoms with Crippen LogP contribution in [0.5, 0.6) is 0 Å². The first-order valence-electron chi connectivity index (χ1n) is 6.90. The van der Waals surface area contributed by atoms with E-state index in [0.717, 1.165) is 21.7 Å². The van der Waals surface area contributed by atoms with Gasteiger partial charge in [0.1, 0.15) is 5.01 Å². The number of nitrogens with zero attached hydrogens (tertiary/aromatic N) is 2. The second-order valence-electron chi connectivity index (χ2n) is 5.11. The van der Waals surface area contributed by atoms with Gasteiger partial charge in [-0.3, -0.25) is 10.1 Å². The molecule has 0 saturated heterocycles. The highest BCUT2D eigenvalue weighted by Gasteiger charge is 2.11. The maximum Gasteiger partial charge on any atom is 0.257 e. The van der Waals surface area contributed by atoms with Gasteiger partial charge in [-0.1, -0.05) is 58.9 Å². The molecule has 110 valence electrons. The van der Waals surface area contributed by atoms with Crippen LogP contribution in [-0.2, 0) is 0 Å². The van der Waals surface area contributed by atoms with Crippen molar-refractivity contribution in [3.05, 3.63) is 65.2 Å². The minimum absolute atomic E-state index is 0.164. The van der Waals surface area contributed by atoms with E-state index in [1.807, 2.05) is 62.4 Å². The third kappa shape index (κ3) is 3.20. The van der Waals surface area contributed by atoms with E-state index >= 15 is 0 Å². The Morgan fingerprint density at radius 2 is 1.68 bits per heavy atom. The van der Waals surface area contributed by atoms with Gasteiger partial charge in [0.25, 0.3) is 5.91 Å². The number of carbonyl (C=O) groups excluding carboxylic acids is 1. The van der Waals surface area contributed by atoms with Crippen LogP contribution < -0.4 is 5.32 Å². The highest BCUT2D eigenvalue weighted by Crippen LogP contribution is 2.26. The Morgan fingerprint density at radius 3 is 2.36 bits per heavy atom. The minimum atomic E-state index is -0.164. The first-order chi connectivity index (χ1) is 10.6. The fraction of sp³-hybridized carbons (Fsp3) is 0.118. The number of hydrogen-bond acceptors (Lipinski definition) is 4. The molecule has 0 saturated carbocycles. The molecule has 0 spiro atoms. The van der Waals surface area contributed by atoms with Gasteiger partial charge in [0.2, 0.25) is 5.13 Å². The fourth-order valence-electron chi connectivity index (χ4n) is 2.25. The number of anilines is 1. The van der Waals surface area contributed by atoms with Crippen LogP contribution in [-0.4, -0.2) is 16.1 Å². The average Bonchev–Trinajstić information content (AvgIpc) is 2.95. The largest absolute Gasteiger partial charge is 0.296 e. The molecule has 1 N–H and O–H groups in total. The molecule has 0 radical (unpaired) electrons. The number of amides is 1. The van der Waals surface area contributed by atoms with E-state index in [1.54, 1.807) is 0 Å². The van der Waals surface area contributed by atoms with Gasteiger partial charge in [-0.2, -0.15) is 0 Å². The van der Waals surface area contributed by atoms with Gasteiger partial charge in [-0.05, 0) is 26.0 Å². The van der Waals surface area contributed by atoms with Crippen LogP contribution in [0.4, 0.5) is 5.13 Å². The molecule has 0 unspecified atom stereocenters. The number of carbonyl (C=O) groups is 1. The zero-order valence-corrected chi connectivity index (χ0v) is 13.1. The standard InChI is InChI=1S/C17H15N3OS/c1-11-8-12(2)10-14(9-11)15(21)18-17-20-19-16(22-17)13-6-4-3-5-7-13/h3-10H,1-2H3,(H,18,20,21). The van der Waals surface area contributed by atoms with Crippen molar-refractivity contribution in [2.45, 2.75) is 13.8 Å². The second-order valence-corrected chi connectivity index (χ2v) is 6.09. The summed E-state index contributed by atoms with van der Waals surface area (Å²) in [7, 11) is 0. The number of rotatable bonds is 3. The quantitative estimate of drug-likeness (QED) is 0.793. The van der Waals surface area contributed by atoms with Gasteiger partial charge in [0.05, 0.1) is 0 Å². The lowest BCUT2D eigenvalue weighted by Crippen LogP contribution is -2.12. The molecular formula is C17H15N3OS. The summed E-state index contributed by atoms with van der Waals surface area (Å²) in [6.45, 7) is 3.95. The van der Waals surface area contributed by atoms with Gasteiger partial charge in [-0.25, -0.2) is 0 Å². The van der Waals surface area contributed by atoms with Crippen molar-refractivity contribution in [2.75, 3.05) is 5.32 Å². The van der Waals surface area contributed by atoms with Crippen molar-refractivity contribution in [3.8, 4) is 10.6 Å². The Morgan fingerprint density at radius 1 is 1.00 bits per heavy atom. The van der Waals surface area contributed by atoms with Crippen LogP contribution in [0, 0.1) is 13.8 Å². The minimum Gasteiger partial charge on any atom is -0.296 e. The van der Waals surface area contributed by atoms with Crippen LogP contribution >= 0.6 is 11.3 Å². The van der Waals surface area contributed by atoms with E-state index in [1.165, 1.54) is 11.3 Å². The molecule has 1 heterocycles. The van der Waals surface area contributed by atoms with E-state index in [0.29, 0.717) is 10.7 Å². The predicted molar refractivity (Wildman–Crippen MR) is 89.2 cm³/mol. The Bertz CT molecular complexity index is 792. The summed E-state index contributed by atoms with van der Waals surface area (Å²) in [6, 6.07) is 15.5. The zero-order valence-electron chi connectivity index (χ0n) is 12.3. The molecule has 0 bridgehead atoms. The third-order valence-electron chi connectivity index (χ3n) is 3.15. The molecule has 0 aliphatic carbocycles. The van der Waals surface area contributed by atoms with Crippen LogP contribution in [0.15, 0.2) is 48.5 Å². The molecule has 1 amide bonds. The molecule has 5 heteroatoms. The van der Waals surface area contributed by atoms with Crippen molar-refractivity contribution in [3.63, 3.8) is 0 Å². The Labute approximate surface area is 132 Å². The highest BCUT2D eigenvalue weighted by atomic mass is 32.1. The Kier molecular flexibility index (Phi) is 3.98. The van der Waals surface area contributed by atoms with E-state index in [9.17, 15) is 4.79 Å². The van der Waals surface area contributed by atoms with Crippen molar-refractivity contribution in [1.29, 1.82) is 0 Å². The fourth-order valence-corrected chi connectivity index (χ4v) is 2.99. The van der Waals surface area contributed by atoms with E-state index in [2.05, 4.69) is 15.5 Å². The number of hydrogen-bond donors (Lipinski definition) is 1. The SMILES string of the molecule is Cc1cc(C)cc(C(=O)Nc2nnc(-c3ccccc3)s2)c1. The summed E-state index contributed by atoms with van der Waals surface area (Å²) >= 11 is 1.36. The van der Waals surface area contributed by atoms with Crippen molar-refractivity contribution in [2.24, 2.45) is 0 Å². The molecule has 3 rings (SSSR count). The third-order valence-corrected chi connectivity index (χ3v) is 4.04. The maximum atomic E-state index is 12.3. The average molecular weight is 309 g/mol. The van der Waals surface area contributed by atoms with Crippen LogP contribution in [0.2, 0.25) is 0 Å². The van der Waals surface area contributed by atoms with E-state index < -0.39 is 0 Å². The van der Waals surface area contributed by atoms with Crippen molar-refractivity contribution < 1.29 is 4.79 Å². The van der Waals surface area contributed by atoms with Gasteiger partial charge in [0, 0.05) is 11.1 Å². The number of nitrogens with one attached hydrogen (secondary N) is 1. The maximum absolute atomic E-state index is 12.3. The number of benzene rings is 2. The molecule has 0 fully saturated rings. The number of aryl methyl sites for hydroxylation is 2. The summed E-state index contributed by atoms with van der Waals surface area (Å²) in [6.07, 6.45) is 0. The monoisotopic (exact) mass is 309 g/mol. The lowest BCUT2D eigenvalue weighted by molar-refractivity contribution is 0.102. The van der Waals surface area contributed by atoms with Crippen molar-refractivity contribution in [1.82, 2.24) is 10.2 Å². The molecule has 4 nitrogen and oxygen atoms in total. The van der Waals surface area contributed by atoms with Gasteiger partial charge in [0.15, 0.2) is 0 Å². The smallest absolute Gasteiger partial charge is 0.257 e. The molecule has 0 aliphatic heterocycles. The van der Waals surface area contributed by atoms with Crippen molar-refractivity contribution >= 4 is 22.4 Å². The first-order valence-corrected chi connectivity index (χ1v) is 7.72. The zero-order chi connectivity index (χ0) is 15.5. The topological polar surface area (TPSA) is 54.9 Å². The van der Waals surface area contributed by atoms with E-state index in [-0.39, 0.29) is 5.91 Å². The van der Waals surface area contributed by atoms with Crippen LogP contribution in [0.1, 0.15) is 21.5 Å². The summed E-state index contributed by atoms with van der Waals surface area (Å²) < 4.78 is 0. The molecule has 2 aromatic carbocycles. The highest BCUT2D eigenvalue weighted by molar-refractivity contribution is 7.18. The molecule has 3 aromatic rings. The summed E-state index contributed by atoms with van der Waals surface area (Å²) in [5.41, 5.74) is 3.75. The predicted octanol–water partition coefficient (Wildman–Crippen LogP) is 4.07. The molecular weight excluding hydrogens is 294 g/mol. The second kappa shape index (κ2) is 6.07. The molecule has 22 heavy (non-hydrogen) atoms. The summed E-state index contributed by atoms with van der Waals surface area (Å²) in [5, 5.41) is 12.3. The first kappa shape index (κ1) is 14.4. The van der Waals surface area contributed by atoms with Gasteiger partial charge in [-0.15, -0.1) is 10.2 Å². The van der Waals surface area contributed by atoms with E-state index in [4.69, 9.17) is 0 Å². The molecule has 0 aliphatic rings. The van der Waals surface area contributed by atoms with Crippen LogP contribution in [0.3, 0.4) is 0 Å². The molecule has 1 aromatic heterocycles. The lowest BCUT2D eigenvalue weighted by Gasteiger charge is -2.04. The Balaban J connectivity index is 1.79. The summed E-state index contributed by atoms with van der Waals surface area (Å²) in [5.74, 6) is -0.164. The Hall–Kier alpha value is -2.53. The van der Waals surface area contributed by atoms with Gasteiger partial charge < -0.3 is 0 Å². The lowest BCUT2D eigenvalue weighted by atomic mass is 10.1. The number of aromatic nitrogens is 2.